The largest absolute Gasteiger partial charge is 0.360 e. The van der Waals surface area contributed by atoms with Crippen molar-refractivity contribution in [1.82, 2.24) is 5.16 Å². The minimum Gasteiger partial charge on any atom is -0.360 e. The van der Waals surface area contributed by atoms with E-state index < -0.39 is 11.4 Å². The van der Waals surface area contributed by atoms with Crippen LogP contribution in [0.4, 0.5) is 0 Å². The molecule has 1 unspecified atom stereocenters. The molecular weight excluding hydrogens is 306 g/mol. The Bertz CT molecular complexity index is 707. The maximum absolute atomic E-state index is 12.7. The summed E-state index contributed by atoms with van der Waals surface area (Å²) < 4.78 is 29.0. The summed E-state index contributed by atoms with van der Waals surface area (Å²) >= 11 is -2.30. The van der Waals surface area contributed by atoms with E-state index in [9.17, 15) is 9.00 Å². The van der Waals surface area contributed by atoms with Crippen LogP contribution in [0.3, 0.4) is 0 Å². The molecule has 1 heterocycles. The van der Waals surface area contributed by atoms with Crippen molar-refractivity contribution in [1.29, 1.82) is 0 Å². The standard InChI is InChI=1S/C15H15NO5S/c17-14(13-9-16-21-15(13)11-5-6-11)12-4-2-1-3-10(12)7-8-20-22(18)19/h1-4,9,11H,5-8H2,(H,18,19). The van der Waals surface area contributed by atoms with E-state index in [1.165, 1.54) is 6.20 Å². The molecule has 1 aliphatic rings. The molecule has 6 nitrogen and oxygen atoms in total. The van der Waals surface area contributed by atoms with Gasteiger partial charge in [-0.3, -0.25) is 13.5 Å². The van der Waals surface area contributed by atoms with Crippen molar-refractivity contribution in [2.45, 2.75) is 25.2 Å². The van der Waals surface area contributed by atoms with Gasteiger partial charge in [-0.25, -0.2) is 0 Å². The van der Waals surface area contributed by atoms with Gasteiger partial charge in [0.15, 0.2) is 11.5 Å². The van der Waals surface area contributed by atoms with Gasteiger partial charge in [0, 0.05) is 11.5 Å². The van der Waals surface area contributed by atoms with Gasteiger partial charge in [-0.15, -0.1) is 0 Å². The van der Waals surface area contributed by atoms with E-state index in [0.29, 0.717) is 29.2 Å². The summed E-state index contributed by atoms with van der Waals surface area (Å²) in [5, 5.41) is 3.75. The smallest absolute Gasteiger partial charge is 0.301 e. The van der Waals surface area contributed by atoms with Gasteiger partial charge in [-0.05, 0) is 24.8 Å². The molecule has 3 rings (SSSR count). The highest BCUT2D eigenvalue weighted by Crippen LogP contribution is 2.42. The first kappa shape index (κ1) is 15.1. The Morgan fingerprint density at radius 2 is 2.14 bits per heavy atom. The molecule has 0 spiro atoms. The molecule has 1 saturated carbocycles. The van der Waals surface area contributed by atoms with Gasteiger partial charge in [0.05, 0.1) is 18.4 Å². The molecule has 22 heavy (non-hydrogen) atoms. The first-order valence-corrected chi connectivity index (χ1v) is 8.01. The van der Waals surface area contributed by atoms with Crippen molar-refractivity contribution in [2.75, 3.05) is 6.61 Å². The van der Waals surface area contributed by atoms with Gasteiger partial charge in [0.2, 0.25) is 0 Å². The lowest BCUT2D eigenvalue weighted by Crippen LogP contribution is -2.09. The van der Waals surface area contributed by atoms with Crippen LogP contribution < -0.4 is 0 Å². The topological polar surface area (TPSA) is 89.6 Å². The molecule has 1 aliphatic carbocycles. The minimum atomic E-state index is -2.30. The van der Waals surface area contributed by atoms with E-state index in [0.717, 1.165) is 18.4 Å². The van der Waals surface area contributed by atoms with E-state index in [1.807, 2.05) is 6.07 Å². The number of hydrogen-bond acceptors (Lipinski definition) is 5. The molecule has 1 aromatic heterocycles. The lowest BCUT2D eigenvalue weighted by atomic mass is 9.96. The van der Waals surface area contributed by atoms with E-state index >= 15 is 0 Å². The third-order valence-corrected chi connectivity index (χ3v) is 3.98. The lowest BCUT2D eigenvalue weighted by Gasteiger charge is -2.07. The lowest BCUT2D eigenvalue weighted by molar-refractivity contribution is 0.103. The number of carbonyl (C=O) groups is 1. The van der Waals surface area contributed by atoms with Crippen molar-refractivity contribution >= 4 is 17.1 Å². The highest BCUT2D eigenvalue weighted by Gasteiger charge is 2.33. The fraction of sp³-hybridized carbons (Fsp3) is 0.333. The van der Waals surface area contributed by atoms with Crippen LogP contribution in [-0.4, -0.2) is 26.3 Å². The number of aromatic nitrogens is 1. The van der Waals surface area contributed by atoms with Crippen molar-refractivity contribution in [3.8, 4) is 0 Å². The summed E-state index contributed by atoms with van der Waals surface area (Å²) in [6, 6.07) is 7.14. The molecule has 0 saturated heterocycles. The summed E-state index contributed by atoms with van der Waals surface area (Å²) in [7, 11) is 0. The Hall–Kier alpha value is -1.83. The van der Waals surface area contributed by atoms with Crippen LogP contribution in [0.5, 0.6) is 0 Å². The maximum atomic E-state index is 12.7. The molecule has 0 radical (unpaired) electrons. The highest BCUT2D eigenvalue weighted by atomic mass is 32.2. The Kier molecular flexibility index (Phi) is 4.47. The Morgan fingerprint density at radius 3 is 2.86 bits per heavy atom. The van der Waals surface area contributed by atoms with E-state index in [4.69, 9.17) is 9.08 Å². The van der Waals surface area contributed by atoms with Gasteiger partial charge in [0.1, 0.15) is 0 Å². The van der Waals surface area contributed by atoms with Crippen molar-refractivity contribution in [2.24, 2.45) is 0 Å². The SMILES string of the molecule is O=C(c1ccccc1CCOS(=O)O)c1cnoc1C1CC1. The van der Waals surface area contributed by atoms with E-state index in [2.05, 4.69) is 9.34 Å². The van der Waals surface area contributed by atoms with Crippen LogP contribution in [-0.2, 0) is 22.0 Å². The van der Waals surface area contributed by atoms with Crippen LogP contribution in [0.2, 0.25) is 0 Å². The molecule has 0 amide bonds. The predicted molar refractivity (Wildman–Crippen MR) is 78.8 cm³/mol. The zero-order valence-corrected chi connectivity index (χ0v) is 12.5. The van der Waals surface area contributed by atoms with Crippen LogP contribution in [0.15, 0.2) is 35.0 Å². The fourth-order valence-electron chi connectivity index (χ4n) is 2.39. The molecule has 0 aliphatic heterocycles. The summed E-state index contributed by atoms with van der Waals surface area (Å²) in [4.78, 5) is 12.7. The number of hydrogen-bond donors (Lipinski definition) is 1. The average molecular weight is 321 g/mol. The molecule has 7 heteroatoms. The first-order valence-electron chi connectivity index (χ1n) is 6.98. The quantitative estimate of drug-likeness (QED) is 0.622. The van der Waals surface area contributed by atoms with Crippen LogP contribution in [0.25, 0.3) is 0 Å². The second-order valence-electron chi connectivity index (χ2n) is 5.15. The molecule has 1 fully saturated rings. The number of carbonyl (C=O) groups excluding carboxylic acids is 1. The number of rotatable bonds is 7. The Balaban J connectivity index is 1.82. The van der Waals surface area contributed by atoms with Gasteiger partial charge < -0.3 is 4.52 Å². The summed E-state index contributed by atoms with van der Waals surface area (Å²) in [6.45, 7) is 0.0620. The number of benzene rings is 1. The molecule has 116 valence electrons. The third-order valence-electron chi connectivity index (χ3n) is 3.61. The second-order valence-corrected chi connectivity index (χ2v) is 5.82. The molecule has 0 bridgehead atoms. The summed E-state index contributed by atoms with van der Waals surface area (Å²) in [5.74, 6) is 0.824. The van der Waals surface area contributed by atoms with E-state index in [-0.39, 0.29) is 12.4 Å². The Morgan fingerprint density at radius 1 is 1.36 bits per heavy atom. The third kappa shape index (κ3) is 3.32. The van der Waals surface area contributed by atoms with Crippen LogP contribution in [0.1, 0.15) is 46.0 Å². The maximum Gasteiger partial charge on any atom is 0.301 e. The minimum absolute atomic E-state index is 0.0620. The highest BCUT2D eigenvalue weighted by molar-refractivity contribution is 7.74. The zero-order valence-electron chi connectivity index (χ0n) is 11.7. The van der Waals surface area contributed by atoms with Crippen molar-refractivity contribution in [3.05, 3.63) is 52.9 Å². The van der Waals surface area contributed by atoms with Gasteiger partial charge in [0.25, 0.3) is 0 Å². The number of nitrogens with zero attached hydrogens (tertiary/aromatic N) is 1. The molecular formula is C15H15NO5S. The predicted octanol–water partition coefficient (Wildman–Crippen LogP) is 2.48. The van der Waals surface area contributed by atoms with Gasteiger partial charge >= 0.3 is 11.4 Å². The average Bonchev–Trinajstić information content (AvgIpc) is 3.24. The monoisotopic (exact) mass is 321 g/mol. The first-order chi connectivity index (χ1) is 10.7. The van der Waals surface area contributed by atoms with E-state index in [1.54, 1.807) is 18.2 Å². The Labute approximate surface area is 129 Å². The van der Waals surface area contributed by atoms with Crippen molar-refractivity contribution in [3.63, 3.8) is 0 Å². The van der Waals surface area contributed by atoms with Gasteiger partial charge in [-0.1, -0.05) is 29.4 Å². The zero-order chi connectivity index (χ0) is 15.5. The summed E-state index contributed by atoms with van der Waals surface area (Å²) in [6.07, 6.45) is 3.88. The molecule has 1 aromatic carbocycles. The molecule has 1 atom stereocenters. The number of ketones is 1. The molecule has 2 aromatic rings. The summed E-state index contributed by atoms with van der Waals surface area (Å²) in [5.41, 5.74) is 1.81. The van der Waals surface area contributed by atoms with Crippen LogP contribution >= 0.6 is 0 Å². The van der Waals surface area contributed by atoms with Crippen molar-refractivity contribution < 1.29 is 22.3 Å². The second kappa shape index (κ2) is 6.51. The van der Waals surface area contributed by atoms with Crippen LogP contribution in [0, 0.1) is 0 Å². The normalized spacial score (nSPS) is 15.7. The molecule has 1 N–H and O–H groups in total. The van der Waals surface area contributed by atoms with Gasteiger partial charge in [-0.2, -0.15) is 4.21 Å². The fourth-order valence-corrected chi connectivity index (χ4v) is 2.61.